The van der Waals surface area contributed by atoms with Crippen molar-refractivity contribution < 1.29 is 0 Å². The standard InChI is InChI=1S/C19H32N2/c1-5-21-13-9-12-17(15-21)20-18(14-19(2,3)4)16-10-7-6-8-11-16/h6-8,10-11,17-18,20H,5,9,12-15H2,1-4H3. The van der Waals surface area contributed by atoms with Crippen LogP contribution in [0.15, 0.2) is 30.3 Å². The Kier molecular flexibility index (Phi) is 5.83. The van der Waals surface area contributed by atoms with Gasteiger partial charge in [0.1, 0.15) is 0 Å². The largest absolute Gasteiger partial charge is 0.306 e. The molecule has 0 aromatic heterocycles. The van der Waals surface area contributed by atoms with Crippen LogP contribution >= 0.6 is 0 Å². The summed E-state index contributed by atoms with van der Waals surface area (Å²) in [6.45, 7) is 12.9. The van der Waals surface area contributed by atoms with E-state index >= 15 is 0 Å². The Morgan fingerprint density at radius 2 is 1.95 bits per heavy atom. The molecule has 0 amide bonds. The first kappa shape index (κ1) is 16.5. The number of piperidine rings is 1. The van der Waals surface area contributed by atoms with Crippen molar-refractivity contribution in [3.8, 4) is 0 Å². The summed E-state index contributed by atoms with van der Waals surface area (Å²) in [5, 5.41) is 3.95. The van der Waals surface area contributed by atoms with Crippen molar-refractivity contribution in [3.05, 3.63) is 35.9 Å². The predicted octanol–water partition coefficient (Wildman–Crippen LogP) is 4.24. The third kappa shape index (κ3) is 5.44. The fourth-order valence-corrected chi connectivity index (χ4v) is 3.33. The summed E-state index contributed by atoms with van der Waals surface area (Å²) in [6, 6.07) is 12.1. The first-order valence-corrected chi connectivity index (χ1v) is 8.51. The molecule has 1 fully saturated rings. The molecule has 2 rings (SSSR count). The maximum absolute atomic E-state index is 3.95. The number of hydrogen-bond donors (Lipinski definition) is 1. The minimum atomic E-state index is 0.340. The molecule has 0 radical (unpaired) electrons. The predicted molar refractivity (Wildman–Crippen MR) is 91.5 cm³/mol. The molecule has 0 aliphatic carbocycles. The van der Waals surface area contributed by atoms with Crippen LogP contribution in [-0.2, 0) is 0 Å². The molecule has 0 bridgehead atoms. The SMILES string of the molecule is CCN1CCCC(NC(CC(C)(C)C)c2ccccc2)C1. The molecule has 1 saturated heterocycles. The Hall–Kier alpha value is -0.860. The molecular formula is C19H32N2. The topological polar surface area (TPSA) is 15.3 Å². The summed E-state index contributed by atoms with van der Waals surface area (Å²) in [5.41, 5.74) is 1.77. The van der Waals surface area contributed by atoms with Crippen LogP contribution in [-0.4, -0.2) is 30.6 Å². The Balaban J connectivity index is 2.05. The molecule has 1 heterocycles. The van der Waals surface area contributed by atoms with Crippen LogP contribution in [0, 0.1) is 5.41 Å². The van der Waals surface area contributed by atoms with Gasteiger partial charge in [-0.15, -0.1) is 0 Å². The van der Waals surface area contributed by atoms with Crippen molar-refractivity contribution in [2.24, 2.45) is 5.41 Å². The second kappa shape index (κ2) is 7.42. The lowest BCUT2D eigenvalue weighted by Gasteiger charge is -2.36. The molecule has 118 valence electrons. The molecule has 21 heavy (non-hydrogen) atoms. The summed E-state index contributed by atoms with van der Waals surface area (Å²) in [7, 11) is 0. The lowest BCUT2D eigenvalue weighted by molar-refractivity contribution is 0.180. The zero-order valence-corrected chi connectivity index (χ0v) is 14.2. The van der Waals surface area contributed by atoms with Crippen molar-refractivity contribution in [2.75, 3.05) is 19.6 Å². The number of benzene rings is 1. The fourth-order valence-electron chi connectivity index (χ4n) is 3.33. The number of likely N-dealkylation sites (N-methyl/N-ethyl adjacent to an activating group) is 1. The van der Waals surface area contributed by atoms with Gasteiger partial charge in [-0.3, -0.25) is 0 Å². The molecule has 0 spiro atoms. The Morgan fingerprint density at radius 1 is 1.24 bits per heavy atom. The smallest absolute Gasteiger partial charge is 0.0328 e. The highest BCUT2D eigenvalue weighted by atomic mass is 15.2. The van der Waals surface area contributed by atoms with Crippen LogP contribution in [0.5, 0.6) is 0 Å². The van der Waals surface area contributed by atoms with Gasteiger partial charge in [0.25, 0.3) is 0 Å². The molecule has 2 heteroatoms. The van der Waals surface area contributed by atoms with Crippen LogP contribution in [0.25, 0.3) is 0 Å². The summed E-state index contributed by atoms with van der Waals surface area (Å²) >= 11 is 0. The number of nitrogens with one attached hydrogen (secondary N) is 1. The first-order valence-electron chi connectivity index (χ1n) is 8.51. The van der Waals surface area contributed by atoms with Gasteiger partial charge in [-0.2, -0.15) is 0 Å². The highest BCUT2D eigenvalue weighted by Gasteiger charge is 2.25. The van der Waals surface area contributed by atoms with E-state index in [9.17, 15) is 0 Å². The molecule has 1 aliphatic heterocycles. The molecule has 1 aromatic rings. The van der Waals surface area contributed by atoms with Crippen molar-refractivity contribution in [2.45, 2.75) is 59.0 Å². The van der Waals surface area contributed by atoms with Crippen molar-refractivity contribution in [1.29, 1.82) is 0 Å². The summed E-state index contributed by atoms with van der Waals surface area (Å²) in [4.78, 5) is 2.57. The third-order valence-electron chi connectivity index (χ3n) is 4.41. The van der Waals surface area contributed by atoms with Gasteiger partial charge in [0, 0.05) is 18.6 Å². The molecule has 1 N–H and O–H groups in total. The van der Waals surface area contributed by atoms with E-state index in [0.717, 1.165) is 0 Å². The lowest BCUT2D eigenvalue weighted by atomic mass is 9.85. The molecule has 2 unspecified atom stereocenters. The molecule has 2 atom stereocenters. The number of nitrogens with zero attached hydrogens (tertiary/aromatic N) is 1. The van der Waals surface area contributed by atoms with E-state index in [4.69, 9.17) is 0 Å². The van der Waals surface area contributed by atoms with E-state index in [1.807, 2.05) is 0 Å². The van der Waals surface area contributed by atoms with E-state index in [0.29, 0.717) is 17.5 Å². The highest BCUT2D eigenvalue weighted by molar-refractivity contribution is 5.19. The van der Waals surface area contributed by atoms with E-state index in [1.54, 1.807) is 0 Å². The van der Waals surface area contributed by atoms with Crippen molar-refractivity contribution >= 4 is 0 Å². The Labute approximate surface area is 130 Å². The lowest BCUT2D eigenvalue weighted by Crippen LogP contribution is -2.47. The summed E-state index contributed by atoms with van der Waals surface area (Å²) in [6.07, 6.45) is 3.81. The Bertz CT molecular complexity index is 407. The van der Waals surface area contributed by atoms with Crippen LogP contribution in [0.4, 0.5) is 0 Å². The zero-order valence-electron chi connectivity index (χ0n) is 14.2. The van der Waals surface area contributed by atoms with Crippen LogP contribution in [0.1, 0.15) is 58.6 Å². The molecular weight excluding hydrogens is 256 g/mol. The summed E-state index contributed by atoms with van der Waals surface area (Å²) in [5.74, 6) is 0. The van der Waals surface area contributed by atoms with E-state index in [2.05, 4.69) is 68.2 Å². The maximum Gasteiger partial charge on any atom is 0.0328 e. The molecule has 0 saturated carbocycles. The summed E-state index contributed by atoms with van der Waals surface area (Å²) < 4.78 is 0. The van der Waals surface area contributed by atoms with Gasteiger partial charge < -0.3 is 10.2 Å². The van der Waals surface area contributed by atoms with Gasteiger partial charge >= 0.3 is 0 Å². The fraction of sp³-hybridized carbons (Fsp3) is 0.684. The number of rotatable bonds is 5. The normalized spacial score (nSPS) is 22.2. The van der Waals surface area contributed by atoms with Gasteiger partial charge in [0.05, 0.1) is 0 Å². The van der Waals surface area contributed by atoms with Gasteiger partial charge in [-0.1, -0.05) is 58.0 Å². The molecule has 2 nitrogen and oxygen atoms in total. The van der Waals surface area contributed by atoms with E-state index in [1.165, 1.54) is 44.5 Å². The monoisotopic (exact) mass is 288 g/mol. The van der Waals surface area contributed by atoms with Crippen LogP contribution in [0.3, 0.4) is 0 Å². The average Bonchev–Trinajstić information content (AvgIpc) is 2.46. The van der Waals surface area contributed by atoms with Gasteiger partial charge in [-0.05, 0) is 43.3 Å². The highest BCUT2D eigenvalue weighted by Crippen LogP contribution is 2.30. The third-order valence-corrected chi connectivity index (χ3v) is 4.41. The minimum Gasteiger partial charge on any atom is -0.306 e. The zero-order chi connectivity index (χ0) is 15.3. The Morgan fingerprint density at radius 3 is 2.57 bits per heavy atom. The molecule has 1 aromatic carbocycles. The maximum atomic E-state index is 3.95. The second-order valence-corrected chi connectivity index (χ2v) is 7.63. The quantitative estimate of drug-likeness (QED) is 0.872. The second-order valence-electron chi connectivity index (χ2n) is 7.63. The molecule has 1 aliphatic rings. The van der Waals surface area contributed by atoms with Crippen LogP contribution < -0.4 is 5.32 Å². The van der Waals surface area contributed by atoms with E-state index < -0.39 is 0 Å². The average molecular weight is 288 g/mol. The van der Waals surface area contributed by atoms with Crippen molar-refractivity contribution in [3.63, 3.8) is 0 Å². The van der Waals surface area contributed by atoms with Gasteiger partial charge in [0.2, 0.25) is 0 Å². The van der Waals surface area contributed by atoms with Crippen molar-refractivity contribution in [1.82, 2.24) is 10.2 Å². The first-order chi connectivity index (χ1) is 9.98. The van der Waals surface area contributed by atoms with Crippen LogP contribution in [0.2, 0.25) is 0 Å². The minimum absolute atomic E-state index is 0.340. The van der Waals surface area contributed by atoms with Gasteiger partial charge in [0.15, 0.2) is 0 Å². The number of likely N-dealkylation sites (tertiary alicyclic amines) is 1. The van der Waals surface area contributed by atoms with Gasteiger partial charge in [-0.25, -0.2) is 0 Å². The number of hydrogen-bond acceptors (Lipinski definition) is 2. The van der Waals surface area contributed by atoms with E-state index in [-0.39, 0.29) is 0 Å².